The lowest BCUT2D eigenvalue weighted by atomic mass is 10.2. The minimum Gasteiger partial charge on any atom is -0.490 e. The lowest BCUT2D eigenvalue weighted by Gasteiger charge is -2.14. The monoisotopic (exact) mass is 286 g/mol. The molecule has 21 heavy (non-hydrogen) atoms. The Morgan fingerprint density at radius 3 is 2.62 bits per heavy atom. The maximum Gasteiger partial charge on any atom is 0.169 e. The van der Waals surface area contributed by atoms with Gasteiger partial charge < -0.3 is 14.8 Å². The SMILES string of the molecule is CCCOc1ccccc1Oc1cc(C)ncc1CNC. The van der Waals surface area contributed by atoms with Crippen LogP contribution in [0.4, 0.5) is 0 Å². The molecule has 0 aliphatic rings. The largest absolute Gasteiger partial charge is 0.490 e. The summed E-state index contributed by atoms with van der Waals surface area (Å²) < 4.78 is 11.8. The van der Waals surface area contributed by atoms with E-state index < -0.39 is 0 Å². The van der Waals surface area contributed by atoms with Crippen molar-refractivity contribution in [3.05, 3.63) is 47.8 Å². The second-order valence-electron chi connectivity index (χ2n) is 4.86. The lowest BCUT2D eigenvalue weighted by Crippen LogP contribution is -2.07. The fraction of sp³-hybridized carbons (Fsp3) is 0.353. The highest BCUT2D eigenvalue weighted by Gasteiger charge is 2.10. The number of benzene rings is 1. The summed E-state index contributed by atoms with van der Waals surface area (Å²) in [6.45, 7) is 5.43. The van der Waals surface area contributed by atoms with E-state index in [9.17, 15) is 0 Å². The second kappa shape index (κ2) is 7.64. The number of ether oxygens (including phenoxy) is 2. The van der Waals surface area contributed by atoms with Crippen molar-refractivity contribution in [1.29, 1.82) is 0 Å². The van der Waals surface area contributed by atoms with Crippen LogP contribution >= 0.6 is 0 Å². The van der Waals surface area contributed by atoms with Gasteiger partial charge in [-0.3, -0.25) is 4.98 Å². The quantitative estimate of drug-likeness (QED) is 0.843. The number of rotatable bonds is 7. The third-order valence-corrected chi connectivity index (χ3v) is 2.98. The van der Waals surface area contributed by atoms with Gasteiger partial charge in [-0.05, 0) is 32.5 Å². The van der Waals surface area contributed by atoms with Gasteiger partial charge in [0, 0.05) is 30.1 Å². The van der Waals surface area contributed by atoms with Crippen LogP contribution in [0.5, 0.6) is 17.2 Å². The first-order chi connectivity index (χ1) is 10.2. The Labute approximate surface area is 126 Å². The molecular weight excluding hydrogens is 264 g/mol. The molecule has 4 heteroatoms. The normalized spacial score (nSPS) is 10.4. The topological polar surface area (TPSA) is 43.4 Å². The van der Waals surface area contributed by atoms with Gasteiger partial charge in [-0.2, -0.15) is 0 Å². The van der Waals surface area contributed by atoms with Crippen molar-refractivity contribution >= 4 is 0 Å². The number of nitrogens with zero attached hydrogens (tertiary/aromatic N) is 1. The van der Waals surface area contributed by atoms with Crippen LogP contribution in [0.25, 0.3) is 0 Å². The van der Waals surface area contributed by atoms with Gasteiger partial charge in [0.15, 0.2) is 11.5 Å². The van der Waals surface area contributed by atoms with E-state index >= 15 is 0 Å². The molecule has 0 bridgehead atoms. The summed E-state index contributed by atoms with van der Waals surface area (Å²) in [6.07, 6.45) is 2.81. The molecule has 0 atom stereocenters. The van der Waals surface area contributed by atoms with Crippen molar-refractivity contribution < 1.29 is 9.47 Å². The van der Waals surface area contributed by atoms with E-state index in [1.54, 1.807) is 0 Å². The predicted molar refractivity (Wildman–Crippen MR) is 84.0 cm³/mol. The van der Waals surface area contributed by atoms with Crippen LogP contribution in [0.15, 0.2) is 36.5 Å². The molecule has 1 aromatic carbocycles. The van der Waals surface area contributed by atoms with E-state index in [0.717, 1.165) is 34.9 Å². The summed E-state index contributed by atoms with van der Waals surface area (Å²) in [5.41, 5.74) is 1.95. The molecule has 1 heterocycles. The number of aryl methyl sites for hydroxylation is 1. The fourth-order valence-corrected chi connectivity index (χ4v) is 1.97. The van der Waals surface area contributed by atoms with Crippen molar-refractivity contribution in [1.82, 2.24) is 10.3 Å². The van der Waals surface area contributed by atoms with E-state index in [1.165, 1.54) is 0 Å². The number of pyridine rings is 1. The summed E-state index contributed by atoms with van der Waals surface area (Å²) in [7, 11) is 1.90. The first kappa shape index (κ1) is 15.3. The number of aromatic nitrogens is 1. The zero-order chi connectivity index (χ0) is 15.1. The molecule has 0 aliphatic carbocycles. The molecule has 4 nitrogen and oxygen atoms in total. The smallest absolute Gasteiger partial charge is 0.169 e. The molecule has 0 fully saturated rings. The van der Waals surface area contributed by atoms with Gasteiger partial charge in [0.1, 0.15) is 5.75 Å². The first-order valence-electron chi connectivity index (χ1n) is 7.24. The van der Waals surface area contributed by atoms with Gasteiger partial charge in [0.05, 0.1) is 6.61 Å². The number of hydrogen-bond acceptors (Lipinski definition) is 4. The molecule has 0 amide bonds. The summed E-state index contributed by atoms with van der Waals surface area (Å²) in [6, 6.07) is 9.69. The zero-order valence-corrected chi connectivity index (χ0v) is 12.8. The third kappa shape index (κ3) is 4.20. The number of nitrogens with one attached hydrogen (secondary N) is 1. The first-order valence-corrected chi connectivity index (χ1v) is 7.24. The molecule has 0 saturated carbocycles. The molecule has 2 aromatic rings. The standard InChI is InChI=1S/C17H22N2O2/c1-4-9-20-15-7-5-6-8-16(15)21-17-10-13(2)19-12-14(17)11-18-3/h5-8,10,12,18H,4,9,11H2,1-3H3. The Hall–Kier alpha value is -2.07. The van der Waals surface area contributed by atoms with Crippen LogP contribution in [-0.2, 0) is 6.54 Å². The van der Waals surface area contributed by atoms with Gasteiger partial charge in [-0.1, -0.05) is 19.1 Å². The van der Waals surface area contributed by atoms with E-state index in [0.29, 0.717) is 13.2 Å². The van der Waals surface area contributed by atoms with Crippen LogP contribution in [0.1, 0.15) is 24.6 Å². The fourth-order valence-electron chi connectivity index (χ4n) is 1.97. The average molecular weight is 286 g/mol. The Bertz CT molecular complexity index is 585. The van der Waals surface area contributed by atoms with Crippen molar-refractivity contribution in [2.75, 3.05) is 13.7 Å². The van der Waals surface area contributed by atoms with Gasteiger partial charge in [-0.25, -0.2) is 0 Å². The molecule has 1 N–H and O–H groups in total. The molecule has 0 saturated heterocycles. The van der Waals surface area contributed by atoms with Crippen molar-refractivity contribution in [2.45, 2.75) is 26.8 Å². The third-order valence-electron chi connectivity index (χ3n) is 2.98. The predicted octanol–water partition coefficient (Wildman–Crippen LogP) is 3.69. The second-order valence-corrected chi connectivity index (χ2v) is 4.86. The summed E-state index contributed by atoms with van der Waals surface area (Å²) in [5, 5.41) is 3.13. The minimum atomic E-state index is 0.680. The minimum absolute atomic E-state index is 0.680. The van der Waals surface area contributed by atoms with Crippen LogP contribution < -0.4 is 14.8 Å². The maximum absolute atomic E-state index is 6.07. The average Bonchev–Trinajstić information content (AvgIpc) is 2.49. The van der Waals surface area contributed by atoms with E-state index in [-0.39, 0.29) is 0 Å². The van der Waals surface area contributed by atoms with Gasteiger partial charge in [0.25, 0.3) is 0 Å². The molecular formula is C17H22N2O2. The highest BCUT2D eigenvalue weighted by Crippen LogP contribution is 2.33. The van der Waals surface area contributed by atoms with Gasteiger partial charge >= 0.3 is 0 Å². The van der Waals surface area contributed by atoms with Crippen LogP contribution in [0, 0.1) is 6.92 Å². The molecule has 0 spiro atoms. The Kier molecular flexibility index (Phi) is 5.58. The van der Waals surface area contributed by atoms with Crippen molar-refractivity contribution in [3.63, 3.8) is 0 Å². The molecule has 0 radical (unpaired) electrons. The van der Waals surface area contributed by atoms with E-state index in [1.807, 2.05) is 50.5 Å². The molecule has 112 valence electrons. The Morgan fingerprint density at radius 2 is 1.90 bits per heavy atom. The van der Waals surface area contributed by atoms with Crippen molar-refractivity contribution in [2.24, 2.45) is 0 Å². The molecule has 0 unspecified atom stereocenters. The molecule has 2 rings (SSSR count). The van der Waals surface area contributed by atoms with Crippen LogP contribution in [0.3, 0.4) is 0 Å². The Morgan fingerprint density at radius 1 is 1.14 bits per heavy atom. The lowest BCUT2D eigenvalue weighted by molar-refractivity contribution is 0.301. The molecule has 0 aliphatic heterocycles. The van der Waals surface area contributed by atoms with Gasteiger partial charge in [0.2, 0.25) is 0 Å². The van der Waals surface area contributed by atoms with E-state index in [2.05, 4.69) is 17.2 Å². The molecule has 1 aromatic heterocycles. The zero-order valence-electron chi connectivity index (χ0n) is 12.8. The maximum atomic E-state index is 6.07. The van der Waals surface area contributed by atoms with E-state index in [4.69, 9.17) is 9.47 Å². The summed E-state index contributed by atoms with van der Waals surface area (Å²) in [4.78, 5) is 4.32. The number of para-hydroxylation sites is 2. The van der Waals surface area contributed by atoms with Gasteiger partial charge in [-0.15, -0.1) is 0 Å². The van der Waals surface area contributed by atoms with Crippen LogP contribution in [0.2, 0.25) is 0 Å². The highest BCUT2D eigenvalue weighted by atomic mass is 16.5. The Balaban J connectivity index is 2.27. The summed E-state index contributed by atoms with van der Waals surface area (Å²) in [5.74, 6) is 2.31. The van der Waals surface area contributed by atoms with Crippen LogP contribution in [-0.4, -0.2) is 18.6 Å². The summed E-state index contributed by atoms with van der Waals surface area (Å²) >= 11 is 0. The van der Waals surface area contributed by atoms with Crippen molar-refractivity contribution in [3.8, 4) is 17.2 Å². The highest BCUT2D eigenvalue weighted by molar-refractivity contribution is 5.44. The number of hydrogen-bond donors (Lipinski definition) is 1.